The number of benzene rings is 2. The predicted molar refractivity (Wildman–Crippen MR) is 129 cm³/mol. The molecule has 1 heterocycles. The van der Waals surface area contributed by atoms with Crippen LogP contribution in [0.5, 0.6) is 5.75 Å². The lowest BCUT2D eigenvalue weighted by atomic mass is 10.1. The highest BCUT2D eigenvalue weighted by molar-refractivity contribution is 6.32. The fraction of sp³-hybridized carbons (Fsp3) is 0.333. The maximum absolute atomic E-state index is 13.3. The van der Waals surface area contributed by atoms with Crippen molar-refractivity contribution in [3.8, 4) is 5.75 Å². The number of hydrogen-bond acceptors (Lipinski definition) is 5. The van der Waals surface area contributed by atoms with Gasteiger partial charge in [-0.1, -0.05) is 48.4 Å². The first-order chi connectivity index (χ1) is 16.0. The van der Waals surface area contributed by atoms with Gasteiger partial charge in [-0.2, -0.15) is 0 Å². The van der Waals surface area contributed by atoms with Crippen LogP contribution < -0.4 is 21.7 Å². The molecule has 10 heteroatoms. The normalized spacial score (nSPS) is 12.7. The Morgan fingerprint density at radius 1 is 1.12 bits per heavy atom. The van der Waals surface area contributed by atoms with Gasteiger partial charge in [0.1, 0.15) is 5.75 Å². The van der Waals surface area contributed by atoms with Crippen molar-refractivity contribution in [2.24, 2.45) is 10.9 Å². The molecule has 1 aromatic heterocycles. The van der Waals surface area contributed by atoms with E-state index < -0.39 is 23.3 Å². The summed E-state index contributed by atoms with van der Waals surface area (Å²) in [5, 5.41) is 9.57. The molecule has 2 aromatic carbocycles. The SMILES string of the molecule is Cc1ccc(Cn2c(=O)n(C[C@H](C)C(=O)O)c(=O)[nH]/c2=N\c2ccc(OC(C)C)c(Cl)c2)cc1. The summed E-state index contributed by atoms with van der Waals surface area (Å²) < 4.78 is 7.81. The number of aromatic amines is 1. The van der Waals surface area contributed by atoms with E-state index in [9.17, 15) is 19.5 Å². The Balaban J connectivity index is 2.16. The molecular weight excluding hydrogens is 460 g/mol. The second-order valence-electron chi connectivity index (χ2n) is 8.35. The van der Waals surface area contributed by atoms with Crippen molar-refractivity contribution >= 4 is 23.3 Å². The summed E-state index contributed by atoms with van der Waals surface area (Å²) in [6, 6.07) is 12.5. The number of H-pyrrole nitrogens is 1. The van der Waals surface area contributed by atoms with Crippen LogP contribution in [0.2, 0.25) is 5.02 Å². The third-order valence-electron chi connectivity index (χ3n) is 5.03. The highest BCUT2D eigenvalue weighted by atomic mass is 35.5. The molecule has 3 aromatic rings. The largest absolute Gasteiger partial charge is 0.489 e. The quantitative estimate of drug-likeness (QED) is 0.507. The molecule has 180 valence electrons. The van der Waals surface area contributed by atoms with Crippen LogP contribution in [-0.4, -0.2) is 31.3 Å². The number of hydrogen-bond donors (Lipinski definition) is 2. The molecular formula is C24H27ClN4O5. The first-order valence-electron chi connectivity index (χ1n) is 10.8. The summed E-state index contributed by atoms with van der Waals surface area (Å²) >= 11 is 6.31. The molecule has 9 nitrogen and oxygen atoms in total. The van der Waals surface area contributed by atoms with Gasteiger partial charge in [-0.25, -0.2) is 19.1 Å². The van der Waals surface area contributed by atoms with Crippen LogP contribution in [0.25, 0.3) is 0 Å². The average molecular weight is 487 g/mol. The van der Waals surface area contributed by atoms with Crippen molar-refractivity contribution in [1.82, 2.24) is 14.1 Å². The van der Waals surface area contributed by atoms with Crippen molar-refractivity contribution in [2.75, 3.05) is 0 Å². The van der Waals surface area contributed by atoms with Gasteiger partial charge in [0.25, 0.3) is 0 Å². The van der Waals surface area contributed by atoms with Crippen molar-refractivity contribution < 1.29 is 14.6 Å². The maximum Gasteiger partial charge on any atom is 0.335 e. The van der Waals surface area contributed by atoms with E-state index in [0.717, 1.165) is 15.7 Å². The zero-order valence-electron chi connectivity index (χ0n) is 19.4. The van der Waals surface area contributed by atoms with Gasteiger partial charge < -0.3 is 9.84 Å². The van der Waals surface area contributed by atoms with E-state index in [1.807, 2.05) is 45.0 Å². The minimum Gasteiger partial charge on any atom is -0.489 e. The minimum atomic E-state index is -1.11. The lowest BCUT2D eigenvalue weighted by Crippen LogP contribution is -2.51. The van der Waals surface area contributed by atoms with Crippen LogP contribution in [0.15, 0.2) is 57.0 Å². The molecule has 0 fully saturated rings. The van der Waals surface area contributed by atoms with Crippen LogP contribution in [0.1, 0.15) is 31.9 Å². The Hall–Kier alpha value is -3.59. The Morgan fingerprint density at radius 2 is 1.79 bits per heavy atom. The summed E-state index contributed by atoms with van der Waals surface area (Å²) in [5.74, 6) is -1.54. The van der Waals surface area contributed by atoms with Gasteiger partial charge in [-0.3, -0.25) is 14.3 Å². The van der Waals surface area contributed by atoms with Crippen molar-refractivity contribution in [2.45, 2.75) is 46.9 Å². The second-order valence-corrected chi connectivity index (χ2v) is 8.76. The predicted octanol–water partition coefficient (Wildman–Crippen LogP) is 3.09. The van der Waals surface area contributed by atoms with Gasteiger partial charge in [-0.05, 0) is 44.5 Å². The molecule has 0 aliphatic heterocycles. The third-order valence-corrected chi connectivity index (χ3v) is 5.33. The van der Waals surface area contributed by atoms with Crippen LogP contribution in [0, 0.1) is 12.8 Å². The van der Waals surface area contributed by atoms with Crippen molar-refractivity contribution in [3.05, 3.63) is 85.2 Å². The van der Waals surface area contributed by atoms with E-state index in [2.05, 4.69) is 9.98 Å². The lowest BCUT2D eigenvalue weighted by molar-refractivity contribution is -0.141. The van der Waals surface area contributed by atoms with Crippen LogP contribution in [0.3, 0.4) is 0 Å². The van der Waals surface area contributed by atoms with E-state index >= 15 is 0 Å². The minimum absolute atomic E-state index is 0.0170. The Bertz CT molecular complexity index is 1370. The summed E-state index contributed by atoms with van der Waals surface area (Å²) in [5.41, 5.74) is 0.887. The summed E-state index contributed by atoms with van der Waals surface area (Å²) in [6.45, 7) is 7.00. The van der Waals surface area contributed by atoms with Crippen LogP contribution in [0.4, 0.5) is 5.69 Å². The van der Waals surface area contributed by atoms with Gasteiger partial charge in [-0.15, -0.1) is 0 Å². The number of aliphatic carboxylic acids is 1. The Labute approximate surface area is 200 Å². The molecule has 0 aliphatic carbocycles. The van der Waals surface area contributed by atoms with Gasteiger partial charge in [0, 0.05) is 6.54 Å². The van der Waals surface area contributed by atoms with Crippen LogP contribution in [-0.2, 0) is 17.9 Å². The van der Waals surface area contributed by atoms with E-state index in [1.54, 1.807) is 18.2 Å². The number of nitrogens with one attached hydrogen (secondary N) is 1. The molecule has 0 amide bonds. The summed E-state index contributed by atoms with van der Waals surface area (Å²) in [7, 11) is 0. The van der Waals surface area contributed by atoms with E-state index in [4.69, 9.17) is 16.3 Å². The molecule has 34 heavy (non-hydrogen) atoms. The molecule has 0 spiro atoms. The smallest absolute Gasteiger partial charge is 0.335 e. The van der Waals surface area contributed by atoms with E-state index in [1.165, 1.54) is 11.5 Å². The highest BCUT2D eigenvalue weighted by Gasteiger charge is 2.17. The van der Waals surface area contributed by atoms with E-state index in [-0.39, 0.29) is 24.8 Å². The fourth-order valence-electron chi connectivity index (χ4n) is 3.20. The zero-order chi connectivity index (χ0) is 25.0. The Kier molecular flexibility index (Phi) is 7.78. The Morgan fingerprint density at radius 3 is 2.38 bits per heavy atom. The number of carboxylic acid groups (broad SMARTS) is 1. The molecule has 0 aliphatic rings. The lowest BCUT2D eigenvalue weighted by Gasteiger charge is -2.13. The maximum atomic E-state index is 13.3. The van der Waals surface area contributed by atoms with Crippen LogP contribution >= 0.6 is 11.6 Å². The van der Waals surface area contributed by atoms with Crippen molar-refractivity contribution in [1.29, 1.82) is 0 Å². The van der Waals surface area contributed by atoms with Crippen molar-refractivity contribution in [3.63, 3.8) is 0 Å². The topological polar surface area (TPSA) is 119 Å². The van der Waals surface area contributed by atoms with Gasteiger partial charge in [0.05, 0.1) is 29.3 Å². The summed E-state index contributed by atoms with van der Waals surface area (Å²) in [4.78, 5) is 44.3. The number of aromatic nitrogens is 3. The third kappa shape index (κ3) is 6.05. The number of carbonyl (C=O) groups is 1. The van der Waals surface area contributed by atoms with Gasteiger partial charge in [0.2, 0.25) is 5.62 Å². The average Bonchev–Trinajstić information content (AvgIpc) is 2.76. The monoisotopic (exact) mass is 486 g/mol. The number of ether oxygens (including phenoxy) is 1. The van der Waals surface area contributed by atoms with E-state index in [0.29, 0.717) is 16.5 Å². The fourth-order valence-corrected chi connectivity index (χ4v) is 3.42. The number of rotatable bonds is 8. The first kappa shape index (κ1) is 25.0. The molecule has 0 unspecified atom stereocenters. The summed E-state index contributed by atoms with van der Waals surface area (Å²) in [6.07, 6.45) is -0.0610. The molecule has 0 bridgehead atoms. The highest BCUT2D eigenvalue weighted by Crippen LogP contribution is 2.29. The number of halogens is 1. The zero-order valence-corrected chi connectivity index (χ0v) is 20.2. The first-order valence-corrected chi connectivity index (χ1v) is 11.2. The molecule has 0 saturated carbocycles. The molecule has 0 saturated heterocycles. The van der Waals surface area contributed by atoms with Gasteiger partial charge >= 0.3 is 17.3 Å². The number of aryl methyl sites for hydroxylation is 1. The molecule has 2 N–H and O–H groups in total. The second kappa shape index (κ2) is 10.6. The number of carboxylic acids is 1. The molecule has 3 rings (SSSR count). The molecule has 0 radical (unpaired) electrons. The number of nitrogens with zero attached hydrogens (tertiary/aromatic N) is 3. The van der Waals surface area contributed by atoms with Gasteiger partial charge in [0.15, 0.2) is 0 Å². The molecule has 1 atom stereocenters. The standard InChI is InChI=1S/C24H27ClN4O5/c1-14(2)34-20-10-9-18(11-19(20)25)26-22-27-23(32)29(12-16(4)21(30)31)24(33)28(22)13-17-7-5-15(3)6-8-17/h5-11,14,16H,12-13H2,1-4H3,(H,30,31)(H,26,27,32)/t16-/m0/s1.